The van der Waals surface area contributed by atoms with Gasteiger partial charge in [-0.15, -0.1) is 0 Å². The van der Waals surface area contributed by atoms with E-state index >= 15 is 0 Å². The van der Waals surface area contributed by atoms with E-state index in [9.17, 15) is 20.1 Å². The first-order valence-corrected chi connectivity index (χ1v) is 10.4. The summed E-state index contributed by atoms with van der Waals surface area (Å²) in [4.78, 5) is 11.3. The Kier molecular flexibility index (Phi) is 8.05. The molecule has 0 spiro atoms. The van der Waals surface area contributed by atoms with E-state index in [-0.39, 0.29) is 11.9 Å². The Morgan fingerprint density at radius 1 is 1.09 bits per heavy atom. The zero-order valence-corrected chi connectivity index (χ0v) is 17.9. The molecular weight excluding hydrogens is 418 g/mol. The van der Waals surface area contributed by atoms with Crippen LogP contribution in [0, 0.1) is 6.92 Å². The quantitative estimate of drug-likeness (QED) is 0.381. The summed E-state index contributed by atoms with van der Waals surface area (Å²) in [5, 5.41) is 42.2. The molecule has 0 radical (unpaired) electrons. The zero-order chi connectivity index (χ0) is 23.3. The molecule has 1 aliphatic rings. The van der Waals surface area contributed by atoms with Crippen LogP contribution >= 0.6 is 0 Å². The molecule has 2 aromatic rings. The molecule has 5 N–H and O–H groups in total. The first kappa shape index (κ1) is 24.0. The van der Waals surface area contributed by atoms with Crippen molar-refractivity contribution in [3.63, 3.8) is 0 Å². The normalized spacial score (nSPS) is 26.3. The fourth-order valence-electron chi connectivity index (χ4n) is 3.50. The molecule has 0 unspecified atom stereocenters. The van der Waals surface area contributed by atoms with Gasteiger partial charge in [0.05, 0.1) is 0 Å². The maximum Gasteiger partial charge on any atom is 0.335 e. The lowest BCUT2D eigenvalue weighted by Gasteiger charge is -2.38. The van der Waals surface area contributed by atoms with E-state index in [0.717, 1.165) is 24.1 Å². The highest BCUT2D eigenvalue weighted by Gasteiger charge is 2.48. The van der Waals surface area contributed by atoms with Crippen LogP contribution in [0.25, 0.3) is 0 Å². The van der Waals surface area contributed by atoms with Crippen LogP contribution in [-0.2, 0) is 9.53 Å². The lowest BCUT2D eigenvalue weighted by atomic mass is 9.99. The highest BCUT2D eigenvalue weighted by atomic mass is 16.7. The van der Waals surface area contributed by atoms with E-state index in [0.29, 0.717) is 5.75 Å². The van der Waals surface area contributed by atoms with Gasteiger partial charge in [-0.05, 0) is 49.8 Å². The Morgan fingerprint density at radius 2 is 1.81 bits per heavy atom. The van der Waals surface area contributed by atoms with Crippen LogP contribution in [-0.4, -0.2) is 70.7 Å². The third-order valence-electron chi connectivity index (χ3n) is 5.31. The molecule has 174 valence electrons. The first-order valence-electron chi connectivity index (χ1n) is 10.4. The number of rotatable bonds is 9. The van der Waals surface area contributed by atoms with Crippen molar-refractivity contribution in [1.29, 1.82) is 0 Å². The van der Waals surface area contributed by atoms with E-state index in [1.807, 2.05) is 44.3 Å². The maximum atomic E-state index is 11.3. The lowest BCUT2D eigenvalue weighted by Crippen LogP contribution is -2.61. The van der Waals surface area contributed by atoms with Crippen LogP contribution in [0.3, 0.4) is 0 Å². The summed E-state index contributed by atoms with van der Waals surface area (Å²) in [7, 11) is 1.88. The number of carboxylic acids is 1. The van der Waals surface area contributed by atoms with Gasteiger partial charge in [0.15, 0.2) is 6.10 Å². The largest absolute Gasteiger partial charge is 0.485 e. The van der Waals surface area contributed by atoms with Gasteiger partial charge >= 0.3 is 5.97 Å². The molecule has 32 heavy (non-hydrogen) atoms. The number of aryl methyl sites for hydroxylation is 1. The van der Waals surface area contributed by atoms with Gasteiger partial charge in [0, 0.05) is 6.42 Å². The van der Waals surface area contributed by atoms with E-state index in [2.05, 4.69) is 5.32 Å². The summed E-state index contributed by atoms with van der Waals surface area (Å²) in [6.45, 7) is 2.61. The second kappa shape index (κ2) is 10.8. The van der Waals surface area contributed by atoms with Gasteiger partial charge in [-0.1, -0.05) is 30.3 Å². The van der Waals surface area contributed by atoms with Gasteiger partial charge in [0.1, 0.15) is 35.9 Å². The van der Waals surface area contributed by atoms with E-state index < -0.39 is 36.7 Å². The van der Waals surface area contributed by atoms with Crippen molar-refractivity contribution >= 4 is 5.97 Å². The van der Waals surface area contributed by atoms with E-state index in [4.69, 9.17) is 19.3 Å². The summed E-state index contributed by atoms with van der Waals surface area (Å²) < 4.78 is 17.0. The van der Waals surface area contributed by atoms with Crippen LogP contribution in [0.2, 0.25) is 0 Å². The SMILES string of the molecule is CNCC[C@H](Oc1ccc(O[C@@H]2O[C@H](C(=O)O)[C@@H](O)[C@H](O)[C@@H]2O)cc1C)c1ccccc1. The second-order valence-electron chi connectivity index (χ2n) is 7.69. The molecule has 0 aromatic heterocycles. The molecule has 1 heterocycles. The van der Waals surface area contributed by atoms with E-state index in [1.165, 1.54) is 0 Å². The van der Waals surface area contributed by atoms with Gasteiger partial charge in [-0.25, -0.2) is 4.79 Å². The van der Waals surface area contributed by atoms with Crippen LogP contribution in [0.5, 0.6) is 11.5 Å². The smallest absolute Gasteiger partial charge is 0.335 e. The van der Waals surface area contributed by atoms with Crippen LogP contribution in [0.4, 0.5) is 0 Å². The number of ether oxygens (including phenoxy) is 3. The number of aliphatic hydroxyl groups excluding tert-OH is 3. The van der Waals surface area contributed by atoms with Crippen molar-refractivity contribution in [3.05, 3.63) is 59.7 Å². The molecule has 0 aliphatic carbocycles. The molecule has 0 bridgehead atoms. The number of hydrogen-bond acceptors (Lipinski definition) is 8. The van der Waals surface area contributed by atoms with Crippen molar-refractivity contribution in [3.8, 4) is 11.5 Å². The van der Waals surface area contributed by atoms with Gasteiger partial charge in [-0.3, -0.25) is 0 Å². The average molecular weight is 447 g/mol. The predicted molar refractivity (Wildman–Crippen MR) is 114 cm³/mol. The standard InChI is InChI=1S/C23H29NO8/c1-13-12-15(30-23-20(27)18(25)19(26)21(32-23)22(28)29)8-9-16(13)31-17(10-11-24-2)14-6-4-3-5-7-14/h3-9,12,17-21,23-27H,10-11H2,1-2H3,(H,28,29)/t17-,18-,19-,20-,21-,23+/m0/s1. The number of aliphatic hydroxyl groups is 3. The number of aliphatic carboxylic acids is 1. The number of carbonyl (C=O) groups is 1. The molecule has 1 saturated heterocycles. The molecule has 1 aliphatic heterocycles. The van der Waals surface area contributed by atoms with Crippen molar-refractivity contribution < 1.29 is 39.4 Å². The number of carboxylic acid groups (broad SMARTS) is 1. The Bertz CT molecular complexity index is 893. The summed E-state index contributed by atoms with van der Waals surface area (Å²) in [6.07, 6.45) is -7.71. The van der Waals surface area contributed by atoms with Crippen LogP contribution < -0.4 is 14.8 Å². The molecule has 1 fully saturated rings. The molecular formula is C23H29NO8. The number of hydrogen-bond donors (Lipinski definition) is 5. The fraction of sp³-hybridized carbons (Fsp3) is 0.435. The summed E-state index contributed by atoms with van der Waals surface area (Å²) in [5.41, 5.74) is 1.81. The summed E-state index contributed by atoms with van der Waals surface area (Å²) >= 11 is 0. The number of nitrogens with one attached hydrogen (secondary N) is 1. The van der Waals surface area contributed by atoms with Crippen LogP contribution in [0.1, 0.15) is 23.7 Å². The van der Waals surface area contributed by atoms with Gasteiger partial charge in [0.2, 0.25) is 6.29 Å². The molecule has 0 amide bonds. The van der Waals surface area contributed by atoms with Crippen molar-refractivity contribution in [2.45, 2.75) is 50.2 Å². The average Bonchev–Trinajstić information content (AvgIpc) is 2.78. The highest BCUT2D eigenvalue weighted by molar-refractivity contribution is 5.73. The van der Waals surface area contributed by atoms with Gasteiger partial charge in [0.25, 0.3) is 0 Å². The maximum absolute atomic E-state index is 11.3. The van der Waals surface area contributed by atoms with E-state index in [1.54, 1.807) is 18.2 Å². The number of benzene rings is 2. The molecule has 6 atom stereocenters. The predicted octanol–water partition coefficient (Wildman–Crippen LogP) is 0.996. The third-order valence-corrected chi connectivity index (χ3v) is 5.31. The zero-order valence-electron chi connectivity index (χ0n) is 17.9. The van der Waals surface area contributed by atoms with Crippen molar-refractivity contribution in [2.75, 3.05) is 13.6 Å². The highest BCUT2D eigenvalue weighted by Crippen LogP contribution is 2.31. The molecule has 3 rings (SSSR count). The Labute approximate surface area is 186 Å². The third kappa shape index (κ3) is 5.56. The molecule has 9 nitrogen and oxygen atoms in total. The Hall–Kier alpha value is -2.69. The van der Waals surface area contributed by atoms with Crippen LogP contribution in [0.15, 0.2) is 48.5 Å². The summed E-state index contributed by atoms with van der Waals surface area (Å²) in [5.74, 6) is -0.532. The van der Waals surface area contributed by atoms with Gasteiger partial charge < -0.3 is 40.0 Å². The second-order valence-corrected chi connectivity index (χ2v) is 7.69. The first-order chi connectivity index (χ1) is 15.3. The van der Waals surface area contributed by atoms with Crippen molar-refractivity contribution in [1.82, 2.24) is 5.32 Å². The topological polar surface area (TPSA) is 138 Å². The fourth-order valence-corrected chi connectivity index (χ4v) is 3.50. The minimum absolute atomic E-state index is 0.162. The van der Waals surface area contributed by atoms with Gasteiger partial charge in [-0.2, -0.15) is 0 Å². The lowest BCUT2D eigenvalue weighted by molar-refractivity contribution is -0.271. The molecule has 9 heteroatoms. The minimum atomic E-state index is -1.77. The van der Waals surface area contributed by atoms with Crippen molar-refractivity contribution in [2.24, 2.45) is 0 Å². The Balaban J connectivity index is 1.73. The monoisotopic (exact) mass is 447 g/mol. The Morgan fingerprint density at radius 3 is 2.44 bits per heavy atom. The minimum Gasteiger partial charge on any atom is -0.485 e. The molecule has 0 saturated carbocycles. The molecule has 2 aromatic carbocycles. The summed E-state index contributed by atoms with van der Waals surface area (Å²) in [6, 6.07) is 14.9.